The van der Waals surface area contributed by atoms with Crippen LogP contribution in [0.4, 0.5) is 0 Å². The van der Waals surface area contributed by atoms with Crippen LogP contribution in [-0.4, -0.2) is 62.7 Å². The first kappa shape index (κ1) is 15.5. The molecule has 0 bridgehead atoms. The third-order valence-electron chi connectivity index (χ3n) is 4.84. The number of benzene rings is 1. The van der Waals surface area contributed by atoms with Crippen LogP contribution in [0.3, 0.4) is 0 Å². The van der Waals surface area contributed by atoms with E-state index in [2.05, 4.69) is 10.3 Å². The number of carbonyl (C=O) groups is 3. The average molecular weight is 339 g/mol. The molecule has 1 atom stereocenters. The summed E-state index contributed by atoms with van der Waals surface area (Å²) in [6.45, 7) is 1.21. The minimum absolute atomic E-state index is 0.101. The molecule has 1 unspecified atom stereocenters. The van der Waals surface area contributed by atoms with Gasteiger partial charge in [-0.25, -0.2) is 4.68 Å². The summed E-state index contributed by atoms with van der Waals surface area (Å²) in [5.41, 5.74) is 1.07. The van der Waals surface area contributed by atoms with Gasteiger partial charge in [0.15, 0.2) is 0 Å². The van der Waals surface area contributed by atoms with Crippen LogP contribution in [0.5, 0.6) is 0 Å². The standard InChI is InChI=1S/C17H17N5O3/c1-20-16(24)13-5-4-11(9-14(13)17(20)25)15(23)21-7-2-3-12(10-21)22-8-6-18-19-22/h4-6,8-9,12H,2-3,7,10H2,1H3. The molecule has 1 aromatic carbocycles. The van der Waals surface area contributed by atoms with E-state index in [1.54, 1.807) is 34.1 Å². The minimum atomic E-state index is -0.367. The molecule has 3 amide bonds. The van der Waals surface area contributed by atoms with Gasteiger partial charge in [0, 0.05) is 31.9 Å². The van der Waals surface area contributed by atoms with Crippen molar-refractivity contribution in [1.29, 1.82) is 0 Å². The molecule has 1 saturated heterocycles. The predicted octanol–water partition coefficient (Wildman–Crippen LogP) is 0.981. The number of nitrogens with zero attached hydrogens (tertiary/aromatic N) is 5. The van der Waals surface area contributed by atoms with Gasteiger partial charge in [0.1, 0.15) is 0 Å². The second-order valence-corrected chi connectivity index (χ2v) is 6.36. The van der Waals surface area contributed by atoms with Gasteiger partial charge in [-0.2, -0.15) is 0 Å². The number of hydrogen-bond acceptors (Lipinski definition) is 5. The number of carbonyl (C=O) groups excluding carboxylic acids is 3. The zero-order chi connectivity index (χ0) is 17.6. The second-order valence-electron chi connectivity index (χ2n) is 6.36. The number of fused-ring (bicyclic) bond motifs is 1. The molecule has 0 aliphatic carbocycles. The van der Waals surface area contributed by atoms with Crippen molar-refractivity contribution in [2.24, 2.45) is 0 Å². The Balaban J connectivity index is 1.57. The molecular formula is C17H17N5O3. The fourth-order valence-corrected chi connectivity index (χ4v) is 3.44. The maximum absolute atomic E-state index is 12.9. The SMILES string of the molecule is CN1C(=O)c2ccc(C(=O)N3CCCC(n4ccnn4)C3)cc2C1=O. The predicted molar refractivity (Wildman–Crippen MR) is 87.1 cm³/mol. The third kappa shape index (κ3) is 2.50. The molecule has 128 valence electrons. The summed E-state index contributed by atoms with van der Waals surface area (Å²) in [4.78, 5) is 39.8. The first-order valence-electron chi connectivity index (χ1n) is 8.18. The molecule has 4 rings (SSSR count). The van der Waals surface area contributed by atoms with Crippen molar-refractivity contribution in [1.82, 2.24) is 24.8 Å². The molecule has 1 aromatic heterocycles. The van der Waals surface area contributed by atoms with E-state index in [4.69, 9.17) is 0 Å². The molecule has 1 fully saturated rings. The van der Waals surface area contributed by atoms with E-state index in [0.717, 1.165) is 17.7 Å². The van der Waals surface area contributed by atoms with Crippen LogP contribution in [0.25, 0.3) is 0 Å². The number of piperidine rings is 1. The van der Waals surface area contributed by atoms with Crippen molar-refractivity contribution in [3.63, 3.8) is 0 Å². The molecule has 8 heteroatoms. The Bertz CT molecular complexity index is 861. The fourth-order valence-electron chi connectivity index (χ4n) is 3.44. The monoisotopic (exact) mass is 339 g/mol. The van der Waals surface area contributed by atoms with Crippen molar-refractivity contribution in [2.45, 2.75) is 18.9 Å². The van der Waals surface area contributed by atoms with Crippen molar-refractivity contribution < 1.29 is 14.4 Å². The molecule has 8 nitrogen and oxygen atoms in total. The van der Waals surface area contributed by atoms with Gasteiger partial charge in [0.25, 0.3) is 17.7 Å². The maximum atomic E-state index is 12.9. The van der Waals surface area contributed by atoms with Gasteiger partial charge in [0.2, 0.25) is 0 Å². The van der Waals surface area contributed by atoms with Gasteiger partial charge in [-0.05, 0) is 31.0 Å². The van der Waals surface area contributed by atoms with Crippen molar-refractivity contribution >= 4 is 17.7 Å². The van der Waals surface area contributed by atoms with E-state index >= 15 is 0 Å². The Morgan fingerprint density at radius 3 is 2.76 bits per heavy atom. The largest absolute Gasteiger partial charge is 0.337 e. The van der Waals surface area contributed by atoms with Gasteiger partial charge in [-0.1, -0.05) is 5.21 Å². The molecule has 0 radical (unpaired) electrons. The van der Waals surface area contributed by atoms with Gasteiger partial charge in [0.05, 0.1) is 23.4 Å². The lowest BCUT2D eigenvalue weighted by atomic mass is 10.0. The van der Waals surface area contributed by atoms with E-state index in [1.165, 1.54) is 13.1 Å². The minimum Gasteiger partial charge on any atom is -0.337 e. The van der Waals surface area contributed by atoms with Crippen LogP contribution >= 0.6 is 0 Å². The average Bonchev–Trinajstić information content (AvgIpc) is 3.26. The Morgan fingerprint density at radius 2 is 2.00 bits per heavy atom. The summed E-state index contributed by atoms with van der Waals surface area (Å²) < 4.78 is 1.78. The van der Waals surface area contributed by atoms with E-state index in [9.17, 15) is 14.4 Å². The van der Waals surface area contributed by atoms with Crippen molar-refractivity contribution in [3.8, 4) is 0 Å². The van der Waals surface area contributed by atoms with Crippen LogP contribution in [0.2, 0.25) is 0 Å². The zero-order valence-corrected chi connectivity index (χ0v) is 13.8. The Morgan fingerprint density at radius 1 is 1.20 bits per heavy atom. The highest BCUT2D eigenvalue weighted by molar-refractivity contribution is 6.21. The van der Waals surface area contributed by atoms with E-state index in [0.29, 0.717) is 29.8 Å². The number of imide groups is 1. The maximum Gasteiger partial charge on any atom is 0.261 e. The summed E-state index contributed by atoms with van der Waals surface area (Å²) in [5.74, 6) is -0.834. The van der Waals surface area contributed by atoms with Gasteiger partial charge >= 0.3 is 0 Å². The van der Waals surface area contributed by atoms with Crippen LogP contribution in [0.15, 0.2) is 30.6 Å². The van der Waals surface area contributed by atoms with E-state index < -0.39 is 0 Å². The first-order chi connectivity index (χ1) is 12.1. The topological polar surface area (TPSA) is 88.4 Å². The molecule has 0 N–H and O–H groups in total. The van der Waals surface area contributed by atoms with Gasteiger partial charge in [-0.15, -0.1) is 5.10 Å². The van der Waals surface area contributed by atoms with Crippen LogP contribution in [0, 0.1) is 0 Å². The van der Waals surface area contributed by atoms with Crippen LogP contribution < -0.4 is 0 Å². The molecule has 3 heterocycles. The van der Waals surface area contributed by atoms with E-state index in [1.807, 2.05) is 0 Å². The van der Waals surface area contributed by atoms with Crippen molar-refractivity contribution in [2.75, 3.05) is 20.1 Å². The lowest BCUT2D eigenvalue weighted by Gasteiger charge is -2.32. The Labute approximate surface area is 144 Å². The normalized spacial score (nSPS) is 20.1. The van der Waals surface area contributed by atoms with E-state index in [-0.39, 0.29) is 23.8 Å². The quantitative estimate of drug-likeness (QED) is 0.761. The highest BCUT2D eigenvalue weighted by Gasteiger charge is 2.34. The Kier molecular flexibility index (Phi) is 3.60. The lowest BCUT2D eigenvalue weighted by molar-refractivity contribution is 0.0670. The first-order valence-corrected chi connectivity index (χ1v) is 8.18. The van der Waals surface area contributed by atoms with Crippen molar-refractivity contribution in [3.05, 3.63) is 47.3 Å². The number of hydrogen-bond donors (Lipinski definition) is 0. The smallest absolute Gasteiger partial charge is 0.261 e. The number of amides is 3. The van der Waals surface area contributed by atoms with Gasteiger partial charge in [-0.3, -0.25) is 19.3 Å². The highest BCUT2D eigenvalue weighted by atomic mass is 16.2. The number of rotatable bonds is 2. The third-order valence-corrected chi connectivity index (χ3v) is 4.84. The molecular weight excluding hydrogens is 322 g/mol. The summed E-state index contributed by atoms with van der Waals surface area (Å²) in [5, 5.41) is 7.84. The molecule has 25 heavy (non-hydrogen) atoms. The molecule has 2 aliphatic heterocycles. The highest BCUT2D eigenvalue weighted by Crippen LogP contribution is 2.25. The molecule has 2 aliphatic rings. The zero-order valence-electron chi connectivity index (χ0n) is 13.8. The van der Waals surface area contributed by atoms with Crippen LogP contribution in [0.1, 0.15) is 50.0 Å². The van der Waals surface area contributed by atoms with Gasteiger partial charge < -0.3 is 4.90 Å². The summed E-state index contributed by atoms with van der Waals surface area (Å²) in [7, 11) is 1.44. The van der Waals surface area contributed by atoms with Crippen LogP contribution in [-0.2, 0) is 0 Å². The summed E-state index contributed by atoms with van der Waals surface area (Å²) in [6, 6.07) is 4.81. The molecule has 0 saturated carbocycles. The number of aromatic nitrogens is 3. The molecule has 2 aromatic rings. The fraction of sp³-hybridized carbons (Fsp3) is 0.353. The second kappa shape index (κ2) is 5.80. The summed E-state index contributed by atoms with van der Waals surface area (Å²) >= 11 is 0. The summed E-state index contributed by atoms with van der Waals surface area (Å²) in [6.07, 6.45) is 5.24. The molecule has 0 spiro atoms. The lowest BCUT2D eigenvalue weighted by Crippen LogP contribution is -2.41. The number of likely N-dealkylation sites (tertiary alicyclic amines) is 1. The Hall–Kier alpha value is -3.03.